The standard InChI is InChI=1S/C20H32N4O2.HI/c1-3-21-20(24(2)13-14-26-16-18-9-10-18)23-15-19(25)22-12-11-17-7-5-4-6-8-17;/h4-8,18H,3,9-16H2,1-2H3,(H,21,23)(H,22,25);1H. The fourth-order valence-corrected chi connectivity index (χ4v) is 2.51. The predicted molar refractivity (Wildman–Crippen MR) is 121 cm³/mol. The predicted octanol–water partition coefficient (Wildman–Crippen LogP) is 2.29. The molecule has 1 aromatic rings. The Morgan fingerprint density at radius 1 is 1.26 bits per heavy atom. The maximum absolute atomic E-state index is 12.0. The molecule has 1 amide bonds. The van der Waals surface area contributed by atoms with E-state index in [0.717, 1.165) is 38.0 Å². The van der Waals surface area contributed by atoms with Crippen molar-refractivity contribution in [3.05, 3.63) is 35.9 Å². The van der Waals surface area contributed by atoms with E-state index in [1.54, 1.807) is 0 Å². The molecule has 6 nitrogen and oxygen atoms in total. The molecule has 27 heavy (non-hydrogen) atoms. The number of likely N-dealkylation sites (N-methyl/N-ethyl adjacent to an activating group) is 1. The van der Waals surface area contributed by atoms with E-state index in [1.807, 2.05) is 37.1 Å². The van der Waals surface area contributed by atoms with E-state index >= 15 is 0 Å². The molecule has 1 aliphatic rings. The number of guanidine groups is 1. The number of halogens is 1. The van der Waals surface area contributed by atoms with Gasteiger partial charge in [-0.15, -0.1) is 24.0 Å². The van der Waals surface area contributed by atoms with E-state index in [4.69, 9.17) is 4.74 Å². The molecule has 1 aromatic carbocycles. The van der Waals surface area contributed by atoms with Crippen LogP contribution in [0.4, 0.5) is 0 Å². The highest BCUT2D eigenvalue weighted by Crippen LogP contribution is 2.28. The van der Waals surface area contributed by atoms with Gasteiger partial charge in [0.2, 0.25) is 5.91 Å². The van der Waals surface area contributed by atoms with Gasteiger partial charge in [-0.3, -0.25) is 4.79 Å². The van der Waals surface area contributed by atoms with Gasteiger partial charge < -0.3 is 20.3 Å². The first-order chi connectivity index (χ1) is 12.7. The van der Waals surface area contributed by atoms with Crippen molar-refractivity contribution in [2.75, 3.05) is 46.4 Å². The van der Waals surface area contributed by atoms with E-state index in [2.05, 4.69) is 27.8 Å². The summed E-state index contributed by atoms with van der Waals surface area (Å²) in [6.45, 7) is 5.85. The lowest BCUT2D eigenvalue weighted by Gasteiger charge is -2.22. The van der Waals surface area contributed by atoms with Crippen LogP contribution in [0.25, 0.3) is 0 Å². The summed E-state index contributed by atoms with van der Waals surface area (Å²) in [5.74, 6) is 1.46. The zero-order chi connectivity index (χ0) is 18.6. The number of hydrogen-bond donors (Lipinski definition) is 2. The molecule has 0 spiro atoms. The number of amides is 1. The number of carbonyl (C=O) groups is 1. The van der Waals surface area contributed by atoms with Gasteiger partial charge in [-0.1, -0.05) is 30.3 Å². The highest BCUT2D eigenvalue weighted by Gasteiger charge is 2.21. The number of benzene rings is 1. The van der Waals surface area contributed by atoms with Crippen LogP contribution in [0.3, 0.4) is 0 Å². The minimum atomic E-state index is -0.0604. The number of aliphatic imine (C=N–C) groups is 1. The Hall–Kier alpha value is -1.35. The fourth-order valence-electron chi connectivity index (χ4n) is 2.51. The molecule has 0 unspecified atom stereocenters. The normalized spacial score (nSPS) is 13.6. The van der Waals surface area contributed by atoms with Crippen molar-refractivity contribution in [3.63, 3.8) is 0 Å². The number of rotatable bonds is 11. The van der Waals surface area contributed by atoms with Crippen molar-refractivity contribution >= 4 is 35.8 Å². The highest BCUT2D eigenvalue weighted by molar-refractivity contribution is 14.0. The van der Waals surface area contributed by atoms with Crippen molar-refractivity contribution in [1.29, 1.82) is 0 Å². The van der Waals surface area contributed by atoms with Crippen LogP contribution in [0.15, 0.2) is 35.3 Å². The van der Waals surface area contributed by atoms with Crippen LogP contribution in [0, 0.1) is 5.92 Å². The first kappa shape index (κ1) is 23.7. The molecule has 152 valence electrons. The van der Waals surface area contributed by atoms with Crippen LogP contribution in [-0.2, 0) is 16.0 Å². The average molecular weight is 488 g/mol. The smallest absolute Gasteiger partial charge is 0.241 e. The summed E-state index contributed by atoms with van der Waals surface area (Å²) in [6, 6.07) is 10.1. The Labute approximate surface area is 180 Å². The molecule has 1 saturated carbocycles. The lowest BCUT2D eigenvalue weighted by molar-refractivity contribution is -0.119. The maximum Gasteiger partial charge on any atom is 0.241 e. The SMILES string of the molecule is CCNC(=NCC(=O)NCCc1ccccc1)N(C)CCOCC1CC1.I. The summed E-state index contributed by atoms with van der Waals surface area (Å²) in [5, 5.41) is 6.14. The number of nitrogens with zero attached hydrogens (tertiary/aromatic N) is 2. The topological polar surface area (TPSA) is 66.0 Å². The quantitative estimate of drug-likeness (QED) is 0.217. The summed E-state index contributed by atoms with van der Waals surface area (Å²) in [4.78, 5) is 18.5. The molecule has 1 fully saturated rings. The van der Waals surface area contributed by atoms with Gasteiger partial charge in [0.25, 0.3) is 0 Å². The summed E-state index contributed by atoms with van der Waals surface area (Å²) in [7, 11) is 1.97. The van der Waals surface area contributed by atoms with Gasteiger partial charge in [-0.05, 0) is 37.7 Å². The summed E-state index contributed by atoms with van der Waals surface area (Å²) in [6.07, 6.45) is 3.44. The first-order valence-electron chi connectivity index (χ1n) is 9.57. The average Bonchev–Trinajstić information content (AvgIpc) is 3.47. The zero-order valence-corrected chi connectivity index (χ0v) is 18.8. The van der Waals surface area contributed by atoms with Gasteiger partial charge in [-0.2, -0.15) is 0 Å². The van der Waals surface area contributed by atoms with E-state index < -0.39 is 0 Å². The minimum Gasteiger partial charge on any atom is -0.379 e. The number of ether oxygens (including phenoxy) is 1. The fraction of sp³-hybridized carbons (Fsp3) is 0.600. The van der Waals surface area contributed by atoms with Crippen LogP contribution >= 0.6 is 24.0 Å². The Bertz CT molecular complexity index is 564. The molecule has 0 saturated heterocycles. The molecule has 0 aromatic heterocycles. The van der Waals surface area contributed by atoms with E-state index in [9.17, 15) is 4.79 Å². The van der Waals surface area contributed by atoms with Gasteiger partial charge in [0.15, 0.2) is 5.96 Å². The second-order valence-electron chi connectivity index (χ2n) is 6.70. The van der Waals surface area contributed by atoms with Crippen LogP contribution in [0.1, 0.15) is 25.3 Å². The number of hydrogen-bond acceptors (Lipinski definition) is 3. The summed E-state index contributed by atoms with van der Waals surface area (Å²) < 4.78 is 5.67. The maximum atomic E-state index is 12.0. The van der Waals surface area contributed by atoms with E-state index in [1.165, 1.54) is 18.4 Å². The second-order valence-corrected chi connectivity index (χ2v) is 6.70. The van der Waals surface area contributed by atoms with E-state index in [0.29, 0.717) is 13.2 Å². The largest absolute Gasteiger partial charge is 0.379 e. The highest BCUT2D eigenvalue weighted by atomic mass is 127. The van der Waals surface area contributed by atoms with Gasteiger partial charge in [0.05, 0.1) is 6.61 Å². The zero-order valence-electron chi connectivity index (χ0n) is 16.4. The third-order valence-corrected chi connectivity index (χ3v) is 4.27. The van der Waals surface area contributed by atoms with Crippen LogP contribution < -0.4 is 10.6 Å². The van der Waals surface area contributed by atoms with Crippen molar-refractivity contribution in [1.82, 2.24) is 15.5 Å². The Morgan fingerprint density at radius 3 is 2.67 bits per heavy atom. The first-order valence-corrected chi connectivity index (χ1v) is 9.57. The van der Waals surface area contributed by atoms with Crippen molar-refractivity contribution in [3.8, 4) is 0 Å². The molecular weight excluding hydrogens is 455 g/mol. The molecule has 0 heterocycles. The van der Waals surface area contributed by atoms with Crippen molar-refractivity contribution < 1.29 is 9.53 Å². The van der Waals surface area contributed by atoms with Crippen LogP contribution in [-0.4, -0.2) is 63.2 Å². The molecule has 0 bridgehead atoms. The molecule has 1 aliphatic carbocycles. The lowest BCUT2D eigenvalue weighted by atomic mass is 10.1. The van der Waals surface area contributed by atoms with Gasteiger partial charge >= 0.3 is 0 Å². The van der Waals surface area contributed by atoms with E-state index in [-0.39, 0.29) is 36.4 Å². The Kier molecular flexibility index (Phi) is 12.1. The molecule has 0 radical (unpaired) electrons. The van der Waals surface area contributed by atoms with Gasteiger partial charge in [0, 0.05) is 33.3 Å². The van der Waals surface area contributed by atoms with Crippen molar-refractivity contribution in [2.24, 2.45) is 10.9 Å². The molecule has 7 heteroatoms. The molecule has 2 rings (SSSR count). The Morgan fingerprint density at radius 2 is 2.00 bits per heavy atom. The number of nitrogens with one attached hydrogen (secondary N) is 2. The molecule has 2 N–H and O–H groups in total. The van der Waals surface area contributed by atoms with Crippen LogP contribution in [0.5, 0.6) is 0 Å². The van der Waals surface area contributed by atoms with Gasteiger partial charge in [0.1, 0.15) is 6.54 Å². The molecular formula is C20H33IN4O2. The van der Waals surface area contributed by atoms with Crippen LogP contribution in [0.2, 0.25) is 0 Å². The minimum absolute atomic E-state index is 0. The third kappa shape index (κ3) is 10.5. The third-order valence-electron chi connectivity index (χ3n) is 4.27. The summed E-state index contributed by atoms with van der Waals surface area (Å²) in [5.41, 5.74) is 1.22. The molecule has 0 atom stereocenters. The van der Waals surface area contributed by atoms with Crippen molar-refractivity contribution in [2.45, 2.75) is 26.2 Å². The Balaban J connectivity index is 0.00000364. The monoisotopic (exact) mass is 488 g/mol. The van der Waals surface area contributed by atoms with Gasteiger partial charge in [-0.25, -0.2) is 4.99 Å². The summed E-state index contributed by atoms with van der Waals surface area (Å²) >= 11 is 0. The lowest BCUT2D eigenvalue weighted by Crippen LogP contribution is -2.41. The molecule has 0 aliphatic heterocycles. The second kappa shape index (κ2) is 13.8. The number of carbonyl (C=O) groups excluding carboxylic acids is 1.